The normalized spacial score (nSPS) is 31.1. The molecule has 12 nitrogen and oxygen atoms in total. The molecule has 2 heterocycles. The largest absolute Gasteiger partial charge is 0.478 e. The van der Waals surface area contributed by atoms with E-state index in [0.29, 0.717) is 0 Å². The van der Waals surface area contributed by atoms with Crippen LogP contribution in [-0.4, -0.2) is 69.9 Å². The molecule has 1 amide bonds. The summed E-state index contributed by atoms with van der Waals surface area (Å²) in [7, 11) is -2.91. The molecule has 0 spiro atoms. The Hall–Kier alpha value is -1.56. The number of methoxy groups -OCH3 is 1. The van der Waals surface area contributed by atoms with E-state index in [2.05, 4.69) is 15.4 Å². The lowest BCUT2D eigenvalue weighted by atomic mass is 9.87. The second-order valence-corrected chi connectivity index (χ2v) is 8.87. The molecule has 2 aliphatic heterocycles. The first-order valence-electron chi connectivity index (χ1n) is 9.01. The molecule has 2 fully saturated rings. The summed E-state index contributed by atoms with van der Waals surface area (Å²) in [6.07, 6.45) is -2.00. The highest BCUT2D eigenvalue weighted by molar-refractivity contribution is 7.48. The predicted octanol–water partition coefficient (Wildman–Crippen LogP) is 0.0671. The number of hydrogen-bond donors (Lipinski definition) is 2. The predicted molar refractivity (Wildman–Crippen MR) is 96.2 cm³/mol. The monoisotopic (exact) mass is 438 g/mol. The molecule has 0 aromatic rings. The number of carbonyl (C=O) groups excluding carboxylic acids is 3. The Morgan fingerprint density at radius 2 is 2.03 bits per heavy atom. The van der Waals surface area contributed by atoms with Crippen molar-refractivity contribution >= 4 is 25.7 Å². The zero-order valence-electron chi connectivity index (χ0n) is 16.8. The van der Waals surface area contributed by atoms with E-state index >= 15 is 0 Å². The number of esters is 2. The molecule has 0 saturated carbocycles. The first-order valence-corrected chi connectivity index (χ1v) is 10.5. The Bertz CT molecular complexity index is 670. The van der Waals surface area contributed by atoms with Crippen LogP contribution in [0.15, 0.2) is 0 Å². The molecule has 2 saturated heterocycles. The van der Waals surface area contributed by atoms with Crippen molar-refractivity contribution in [3.63, 3.8) is 0 Å². The number of phosphoric acid groups is 1. The van der Waals surface area contributed by atoms with Gasteiger partial charge in [-0.15, -0.1) is 0 Å². The molecule has 0 bridgehead atoms. The summed E-state index contributed by atoms with van der Waals surface area (Å²) in [5.41, 5.74) is -0.817. The summed E-state index contributed by atoms with van der Waals surface area (Å²) in [4.78, 5) is 35.5. The van der Waals surface area contributed by atoms with Crippen LogP contribution in [0, 0.1) is 5.41 Å². The maximum absolute atomic E-state index is 12.7. The molecule has 2 N–H and O–H groups in total. The molecule has 2 rings (SSSR count). The van der Waals surface area contributed by atoms with Gasteiger partial charge in [0.05, 0.1) is 26.9 Å². The van der Waals surface area contributed by atoms with Gasteiger partial charge in [0.15, 0.2) is 12.2 Å². The maximum atomic E-state index is 12.7. The molecule has 4 atom stereocenters. The maximum Gasteiger partial charge on any atom is 0.478 e. The Morgan fingerprint density at radius 1 is 1.31 bits per heavy atom. The molecule has 13 heteroatoms. The highest BCUT2D eigenvalue weighted by Gasteiger charge is 2.49. The van der Waals surface area contributed by atoms with E-state index in [1.54, 1.807) is 20.8 Å². The van der Waals surface area contributed by atoms with Gasteiger partial charge in [0.2, 0.25) is 12.7 Å². The third-order valence-electron chi connectivity index (χ3n) is 4.40. The number of hydrogen-bond acceptors (Lipinski definition) is 11. The Labute approximate surface area is 168 Å². The van der Waals surface area contributed by atoms with Crippen LogP contribution in [0.5, 0.6) is 0 Å². The first kappa shape index (κ1) is 23.7. The van der Waals surface area contributed by atoms with Crippen LogP contribution < -0.4 is 10.6 Å². The molecular formula is C16H27N2O10P. The molecule has 29 heavy (non-hydrogen) atoms. The SMILES string of the molecule is COC(=O)CCNC(=O)[C@@H]1OP(=O)(OCOC(=O)C2OCNC2C)OCC1(C)C. The molecule has 3 unspecified atom stereocenters. The third kappa shape index (κ3) is 6.46. The van der Waals surface area contributed by atoms with Crippen LogP contribution in [0.1, 0.15) is 27.2 Å². The lowest BCUT2D eigenvalue weighted by Gasteiger charge is -2.39. The summed E-state index contributed by atoms with van der Waals surface area (Å²) in [6.45, 7) is 4.58. The molecule has 0 aromatic heterocycles. The number of amides is 1. The van der Waals surface area contributed by atoms with Gasteiger partial charge in [-0.3, -0.25) is 24.0 Å². The average molecular weight is 438 g/mol. The molecule has 0 aliphatic carbocycles. The van der Waals surface area contributed by atoms with E-state index < -0.39 is 50.1 Å². The van der Waals surface area contributed by atoms with Gasteiger partial charge in [0.1, 0.15) is 0 Å². The zero-order valence-corrected chi connectivity index (χ0v) is 17.7. The van der Waals surface area contributed by atoms with Crippen LogP contribution in [0.25, 0.3) is 0 Å². The van der Waals surface area contributed by atoms with Crippen molar-refractivity contribution in [1.82, 2.24) is 10.6 Å². The number of carbonyl (C=O) groups is 3. The molecule has 2 aliphatic rings. The Kier molecular flexibility index (Phi) is 8.15. The van der Waals surface area contributed by atoms with Crippen LogP contribution in [0.4, 0.5) is 0 Å². The summed E-state index contributed by atoms with van der Waals surface area (Å²) in [6, 6.07) is -0.237. The smallest absolute Gasteiger partial charge is 0.469 e. The molecule has 0 radical (unpaired) electrons. The average Bonchev–Trinajstić information content (AvgIpc) is 3.09. The minimum Gasteiger partial charge on any atom is -0.469 e. The van der Waals surface area contributed by atoms with Crippen molar-refractivity contribution < 1.29 is 46.7 Å². The summed E-state index contributed by atoms with van der Waals surface area (Å²) >= 11 is 0. The number of ether oxygens (including phenoxy) is 3. The minimum absolute atomic E-state index is 0.0213. The van der Waals surface area contributed by atoms with Crippen LogP contribution >= 0.6 is 7.82 Å². The standard InChI is InChI=1S/C16H27N2O10P/c1-10-12(24-8-18-10)15(21)25-9-27-29(22)26-7-16(2,3)13(28-29)14(20)17-6-5-11(19)23-4/h10,12-13,18H,5-9H2,1-4H3,(H,17,20)/t10?,12?,13-,29?/m0/s1. The van der Waals surface area contributed by atoms with Gasteiger partial charge in [-0.05, 0) is 6.92 Å². The number of nitrogens with one attached hydrogen (secondary N) is 2. The Balaban J connectivity index is 1.87. The minimum atomic E-state index is -4.15. The van der Waals surface area contributed by atoms with E-state index in [0.717, 1.165) is 0 Å². The van der Waals surface area contributed by atoms with Gasteiger partial charge in [0.25, 0.3) is 0 Å². The molecule has 166 valence electrons. The lowest BCUT2D eigenvalue weighted by molar-refractivity contribution is -0.165. The van der Waals surface area contributed by atoms with Crippen molar-refractivity contribution in [2.45, 2.75) is 45.4 Å². The lowest BCUT2D eigenvalue weighted by Crippen LogP contribution is -2.50. The van der Waals surface area contributed by atoms with Gasteiger partial charge in [0, 0.05) is 18.0 Å². The van der Waals surface area contributed by atoms with Crippen molar-refractivity contribution in [2.24, 2.45) is 5.41 Å². The van der Waals surface area contributed by atoms with E-state index in [4.69, 9.17) is 23.0 Å². The van der Waals surface area contributed by atoms with E-state index in [1.807, 2.05) is 0 Å². The van der Waals surface area contributed by atoms with Gasteiger partial charge < -0.3 is 19.5 Å². The third-order valence-corrected chi connectivity index (χ3v) is 5.74. The summed E-state index contributed by atoms with van der Waals surface area (Å²) in [5, 5.41) is 5.43. The van der Waals surface area contributed by atoms with Crippen molar-refractivity contribution in [3.05, 3.63) is 0 Å². The highest BCUT2D eigenvalue weighted by Crippen LogP contribution is 2.57. The summed E-state index contributed by atoms with van der Waals surface area (Å²) < 4.78 is 42.7. The van der Waals surface area contributed by atoms with E-state index in [-0.39, 0.29) is 32.3 Å². The van der Waals surface area contributed by atoms with E-state index in [9.17, 15) is 18.9 Å². The molecular weight excluding hydrogens is 411 g/mol. The fourth-order valence-corrected chi connectivity index (χ4v) is 4.11. The second-order valence-electron chi connectivity index (χ2n) is 7.25. The van der Waals surface area contributed by atoms with Crippen LogP contribution in [0.2, 0.25) is 0 Å². The first-order chi connectivity index (χ1) is 13.6. The van der Waals surface area contributed by atoms with Crippen molar-refractivity contribution in [1.29, 1.82) is 0 Å². The van der Waals surface area contributed by atoms with Crippen LogP contribution in [0.3, 0.4) is 0 Å². The topological polar surface area (TPSA) is 148 Å². The second kappa shape index (κ2) is 9.96. The van der Waals surface area contributed by atoms with Crippen LogP contribution in [-0.2, 0) is 46.7 Å². The van der Waals surface area contributed by atoms with Gasteiger partial charge in [-0.1, -0.05) is 13.8 Å². The van der Waals surface area contributed by atoms with E-state index in [1.165, 1.54) is 7.11 Å². The molecule has 0 aromatic carbocycles. The van der Waals surface area contributed by atoms with Crippen molar-refractivity contribution in [2.75, 3.05) is 33.8 Å². The van der Waals surface area contributed by atoms with Gasteiger partial charge >= 0.3 is 19.8 Å². The Morgan fingerprint density at radius 3 is 2.66 bits per heavy atom. The number of rotatable bonds is 8. The zero-order chi connectivity index (χ0) is 21.7. The highest BCUT2D eigenvalue weighted by atomic mass is 31.2. The van der Waals surface area contributed by atoms with Gasteiger partial charge in [-0.25, -0.2) is 13.9 Å². The number of phosphoric ester groups is 1. The fraction of sp³-hybridized carbons (Fsp3) is 0.812. The summed E-state index contributed by atoms with van der Waals surface area (Å²) in [5.74, 6) is -1.75. The van der Waals surface area contributed by atoms with Crippen molar-refractivity contribution in [3.8, 4) is 0 Å². The fourth-order valence-electron chi connectivity index (χ4n) is 2.60. The quantitative estimate of drug-likeness (QED) is 0.301. The van der Waals surface area contributed by atoms with Gasteiger partial charge in [-0.2, -0.15) is 0 Å².